The van der Waals surface area contributed by atoms with Crippen molar-refractivity contribution in [3.8, 4) is 5.69 Å². The third-order valence-electron chi connectivity index (χ3n) is 6.58. The molecule has 0 aliphatic carbocycles. The number of allylic oxidation sites excluding steroid dienone is 4. The van der Waals surface area contributed by atoms with Crippen LogP contribution in [-0.4, -0.2) is 4.57 Å². The van der Waals surface area contributed by atoms with Crippen LogP contribution in [0, 0.1) is 0 Å². The number of para-hydroxylation sites is 1. The highest BCUT2D eigenvalue weighted by atomic mass is 32.1. The predicted octanol–water partition coefficient (Wildman–Crippen LogP) is 9.69. The van der Waals surface area contributed by atoms with Gasteiger partial charge >= 0.3 is 0 Å². The SMILES string of the molecule is C=CCC(=C)/C=C(\C)c1ccc2c(c1)c1ccccc1n2-c1ccc2c(c1)sc1ccccc12. The lowest BCUT2D eigenvalue weighted by Gasteiger charge is -2.09. The van der Waals surface area contributed by atoms with Gasteiger partial charge in [0.15, 0.2) is 0 Å². The third-order valence-corrected chi connectivity index (χ3v) is 7.71. The summed E-state index contributed by atoms with van der Waals surface area (Å²) in [6.07, 6.45) is 4.87. The first-order valence-corrected chi connectivity index (χ1v) is 12.4. The van der Waals surface area contributed by atoms with Crippen molar-refractivity contribution < 1.29 is 0 Å². The molecule has 4 aromatic carbocycles. The number of hydrogen-bond donors (Lipinski definition) is 0. The van der Waals surface area contributed by atoms with Crippen molar-refractivity contribution in [1.82, 2.24) is 4.57 Å². The van der Waals surface area contributed by atoms with E-state index < -0.39 is 0 Å². The van der Waals surface area contributed by atoms with Crippen LogP contribution in [-0.2, 0) is 0 Å². The Balaban J connectivity index is 1.57. The molecule has 0 bridgehead atoms. The molecule has 0 amide bonds. The smallest absolute Gasteiger partial charge is 0.0541 e. The maximum atomic E-state index is 4.16. The molecule has 0 aliphatic heterocycles. The van der Waals surface area contributed by atoms with Gasteiger partial charge in [0.2, 0.25) is 0 Å². The summed E-state index contributed by atoms with van der Waals surface area (Å²) in [6, 6.07) is 31.0. The van der Waals surface area contributed by atoms with Crippen LogP contribution in [0.5, 0.6) is 0 Å². The van der Waals surface area contributed by atoms with Crippen molar-refractivity contribution in [2.45, 2.75) is 13.3 Å². The topological polar surface area (TPSA) is 4.93 Å². The summed E-state index contributed by atoms with van der Waals surface area (Å²) in [5.41, 5.74) is 7.17. The van der Waals surface area contributed by atoms with E-state index in [-0.39, 0.29) is 0 Å². The van der Waals surface area contributed by atoms with Crippen LogP contribution >= 0.6 is 11.3 Å². The molecule has 0 saturated carbocycles. The van der Waals surface area contributed by atoms with E-state index in [4.69, 9.17) is 0 Å². The number of benzene rings is 4. The van der Waals surface area contributed by atoms with Crippen molar-refractivity contribution in [3.63, 3.8) is 0 Å². The van der Waals surface area contributed by atoms with Gasteiger partial charge in [0.05, 0.1) is 11.0 Å². The number of aromatic nitrogens is 1. The van der Waals surface area contributed by atoms with Gasteiger partial charge in [-0.15, -0.1) is 17.9 Å². The standard InChI is InChI=1S/C32H25NS/c1-4-9-21(2)18-22(3)23-14-17-30-28(19-23)25-10-5-7-12-29(25)33(30)24-15-16-27-26-11-6-8-13-31(26)34-32(27)20-24/h4-8,10-20H,1-2,9H2,3H3/b22-18+. The van der Waals surface area contributed by atoms with E-state index in [0.29, 0.717) is 0 Å². The van der Waals surface area contributed by atoms with Crippen molar-refractivity contribution in [3.05, 3.63) is 121 Å². The largest absolute Gasteiger partial charge is 0.309 e. The summed E-state index contributed by atoms with van der Waals surface area (Å²) in [7, 11) is 0. The summed E-state index contributed by atoms with van der Waals surface area (Å²) >= 11 is 1.86. The Hall–Kier alpha value is -3.88. The molecule has 0 N–H and O–H groups in total. The normalized spacial score (nSPS) is 12.2. The van der Waals surface area contributed by atoms with Gasteiger partial charge in [0, 0.05) is 36.6 Å². The Morgan fingerprint density at radius 2 is 1.53 bits per heavy atom. The predicted molar refractivity (Wildman–Crippen MR) is 151 cm³/mol. The molecule has 0 atom stereocenters. The molecule has 2 heteroatoms. The molecule has 6 rings (SSSR count). The lowest BCUT2D eigenvalue weighted by atomic mass is 10.0. The number of thiophene rings is 1. The molecule has 0 aliphatic rings. The quantitative estimate of drug-likeness (QED) is 0.180. The zero-order valence-electron chi connectivity index (χ0n) is 19.2. The fraction of sp³-hybridized carbons (Fsp3) is 0.0625. The molecule has 6 aromatic rings. The molecule has 0 saturated heterocycles. The van der Waals surface area contributed by atoms with Gasteiger partial charge in [-0.2, -0.15) is 0 Å². The van der Waals surface area contributed by atoms with Crippen molar-refractivity contribution >= 4 is 58.9 Å². The maximum Gasteiger partial charge on any atom is 0.0541 e. The lowest BCUT2D eigenvalue weighted by Crippen LogP contribution is -1.93. The van der Waals surface area contributed by atoms with Crippen LogP contribution in [0.1, 0.15) is 18.9 Å². The molecule has 0 radical (unpaired) electrons. The van der Waals surface area contributed by atoms with Crippen LogP contribution in [0.15, 0.2) is 116 Å². The monoisotopic (exact) mass is 455 g/mol. The summed E-state index contributed by atoms with van der Waals surface area (Å²) in [4.78, 5) is 0. The third kappa shape index (κ3) is 3.30. The second-order valence-corrected chi connectivity index (χ2v) is 9.93. The van der Waals surface area contributed by atoms with Gasteiger partial charge in [0.25, 0.3) is 0 Å². The molecule has 2 aromatic heterocycles. The van der Waals surface area contributed by atoms with Crippen molar-refractivity contribution in [1.29, 1.82) is 0 Å². The molecule has 164 valence electrons. The van der Waals surface area contributed by atoms with E-state index >= 15 is 0 Å². The van der Waals surface area contributed by atoms with Gasteiger partial charge in [-0.3, -0.25) is 0 Å². The van der Waals surface area contributed by atoms with Crippen molar-refractivity contribution in [2.24, 2.45) is 0 Å². The van der Waals surface area contributed by atoms with Gasteiger partial charge < -0.3 is 4.57 Å². The fourth-order valence-electron chi connectivity index (χ4n) is 4.98. The summed E-state index contributed by atoms with van der Waals surface area (Å²) in [6.45, 7) is 10.1. The van der Waals surface area contributed by atoms with E-state index in [9.17, 15) is 0 Å². The zero-order chi connectivity index (χ0) is 23.2. The van der Waals surface area contributed by atoms with Crippen molar-refractivity contribution in [2.75, 3.05) is 0 Å². The molecule has 0 unspecified atom stereocenters. The average molecular weight is 456 g/mol. The minimum atomic E-state index is 0.805. The Morgan fingerprint density at radius 3 is 2.38 bits per heavy atom. The van der Waals surface area contributed by atoms with Crippen LogP contribution in [0.4, 0.5) is 0 Å². The van der Waals surface area contributed by atoms with E-state index in [0.717, 1.165) is 12.0 Å². The Kier molecular flexibility index (Phi) is 4.97. The fourth-order valence-corrected chi connectivity index (χ4v) is 6.12. The Morgan fingerprint density at radius 1 is 0.794 bits per heavy atom. The number of fused-ring (bicyclic) bond motifs is 6. The molecule has 2 heterocycles. The van der Waals surface area contributed by atoms with Gasteiger partial charge in [-0.1, -0.05) is 72.8 Å². The Bertz CT molecular complexity index is 1770. The highest BCUT2D eigenvalue weighted by molar-refractivity contribution is 7.25. The highest BCUT2D eigenvalue weighted by Crippen LogP contribution is 2.38. The number of rotatable bonds is 5. The van der Waals surface area contributed by atoms with E-state index in [1.165, 1.54) is 58.8 Å². The molecule has 0 spiro atoms. The lowest BCUT2D eigenvalue weighted by molar-refractivity contribution is 1.19. The summed E-state index contributed by atoms with van der Waals surface area (Å²) in [5.74, 6) is 0. The molecular weight excluding hydrogens is 430 g/mol. The van der Waals surface area contributed by atoms with Crippen LogP contribution < -0.4 is 0 Å². The minimum Gasteiger partial charge on any atom is -0.309 e. The van der Waals surface area contributed by atoms with E-state index in [1.807, 2.05) is 17.4 Å². The highest BCUT2D eigenvalue weighted by Gasteiger charge is 2.14. The van der Waals surface area contributed by atoms with Crippen LogP contribution in [0.2, 0.25) is 0 Å². The first-order chi connectivity index (χ1) is 16.6. The van der Waals surface area contributed by atoms with Gasteiger partial charge in [-0.25, -0.2) is 0 Å². The summed E-state index contributed by atoms with van der Waals surface area (Å²) < 4.78 is 5.05. The molecular formula is C32H25NS. The van der Waals surface area contributed by atoms with Gasteiger partial charge in [-0.05, 0) is 60.9 Å². The minimum absolute atomic E-state index is 0.805. The second kappa shape index (κ2) is 8.16. The average Bonchev–Trinajstić information content (AvgIpc) is 3.38. The zero-order valence-corrected chi connectivity index (χ0v) is 20.0. The maximum absolute atomic E-state index is 4.16. The van der Waals surface area contributed by atoms with E-state index in [2.05, 4.69) is 116 Å². The summed E-state index contributed by atoms with van der Waals surface area (Å²) in [5, 5.41) is 5.20. The first-order valence-electron chi connectivity index (χ1n) is 11.6. The number of nitrogens with zero attached hydrogens (tertiary/aromatic N) is 1. The Labute approximate surface area is 203 Å². The molecule has 0 fully saturated rings. The second-order valence-electron chi connectivity index (χ2n) is 8.84. The van der Waals surface area contributed by atoms with Crippen LogP contribution in [0.25, 0.3) is 53.2 Å². The molecule has 1 nitrogen and oxygen atoms in total. The van der Waals surface area contributed by atoms with E-state index in [1.54, 1.807) is 0 Å². The van der Waals surface area contributed by atoms with Crippen LogP contribution in [0.3, 0.4) is 0 Å². The first kappa shape index (κ1) is 20.7. The molecule has 34 heavy (non-hydrogen) atoms. The number of hydrogen-bond acceptors (Lipinski definition) is 1. The van der Waals surface area contributed by atoms with Gasteiger partial charge in [0.1, 0.15) is 0 Å².